The normalized spacial score (nSPS) is 60.1. The molecule has 9 unspecified atom stereocenters. The Morgan fingerprint density at radius 3 is 1.96 bits per heavy atom. The van der Waals surface area contributed by atoms with Crippen molar-refractivity contribution in [2.24, 2.45) is 51.8 Å². The molecule has 0 aromatic carbocycles. The summed E-state index contributed by atoms with van der Waals surface area (Å²) in [7, 11) is 0. The van der Waals surface area contributed by atoms with Gasteiger partial charge >= 0.3 is 0 Å². The van der Waals surface area contributed by atoms with Crippen LogP contribution in [0.25, 0.3) is 0 Å². The van der Waals surface area contributed by atoms with Gasteiger partial charge in [0.25, 0.3) is 0 Å². The van der Waals surface area contributed by atoms with E-state index in [4.69, 9.17) is 0 Å². The van der Waals surface area contributed by atoms with Crippen molar-refractivity contribution in [1.29, 1.82) is 0 Å². The van der Waals surface area contributed by atoms with Gasteiger partial charge in [0.2, 0.25) is 0 Å². The van der Waals surface area contributed by atoms with Crippen molar-refractivity contribution in [2.75, 3.05) is 6.61 Å². The van der Waals surface area contributed by atoms with Crippen LogP contribution in [0.2, 0.25) is 0 Å². The summed E-state index contributed by atoms with van der Waals surface area (Å²) in [4.78, 5) is 0. The Labute approximate surface area is 166 Å². The van der Waals surface area contributed by atoms with Crippen molar-refractivity contribution in [1.82, 2.24) is 0 Å². The standard InChI is InChI=1S/C25H42O2/c1-16-17-6-7-19-18(23(17,2)12-10-22(16)27)8-9-20-21-5-4-11-25(21,15-26)14-13-24(19,20)3/h16-22,26-27H,4-15H2,1-3H3/t16?,17?,18?,19?,20?,21?,22?,23?,24-,25?/m0/s1. The summed E-state index contributed by atoms with van der Waals surface area (Å²) in [6.45, 7) is 8.04. The maximum absolute atomic E-state index is 10.5. The van der Waals surface area contributed by atoms with E-state index >= 15 is 0 Å². The highest BCUT2D eigenvalue weighted by Crippen LogP contribution is 2.71. The number of hydrogen-bond donors (Lipinski definition) is 2. The Kier molecular flexibility index (Phi) is 4.35. The molecule has 0 bridgehead atoms. The minimum atomic E-state index is -0.0649. The minimum Gasteiger partial charge on any atom is -0.396 e. The fraction of sp³-hybridized carbons (Fsp3) is 1.00. The van der Waals surface area contributed by atoms with E-state index in [0.29, 0.717) is 23.4 Å². The van der Waals surface area contributed by atoms with Gasteiger partial charge in [-0.2, -0.15) is 0 Å². The van der Waals surface area contributed by atoms with Crippen molar-refractivity contribution >= 4 is 0 Å². The Morgan fingerprint density at radius 1 is 0.704 bits per heavy atom. The van der Waals surface area contributed by atoms with E-state index in [0.717, 1.165) is 36.0 Å². The average Bonchev–Trinajstić information content (AvgIpc) is 3.09. The average molecular weight is 375 g/mol. The topological polar surface area (TPSA) is 40.5 Å². The SMILES string of the molecule is CC1C(O)CCC2(C)C1CCC1C2CCC2C3CCCC3(CO)CC[C@]21C. The third-order valence-electron chi connectivity index (χ3n) is 11.6. The van der Waals surface area contributed by atoms with Crippen molar-refractivity contribution in [2.45, 2.75) is 97.5 Å². The molecule has 2 heteroatoms. The Hall–Kier alpha value is -0.0800. The second-order valence-electron chi connectivity index (χ2n) is 12.1. The second-order valence-corrected chi connectivity index (χ2v) is 12.1. The molecule has 2 N–H and O–H groups in total. The Balaban J connectivity index is 1.46. The van der Waals surface area contributed by atoms with Gasteiger partial charge in [0.05, 0.1) is 6.10 Å². The zero-order valence-electron chi connectivity index (χ0n) is 17.9. The molecular weight excluding hydrogens is 332 g/mol. The molecule has 5 fully saturated rings. The lowest BCUT2D eigenvalue weighted by atomic mass is 9.38. The highest BCUT2D eigenvalue weighted by Gasteiger charge is 2.64. The first-order valence-electron chi connectivity index (χ1n) is 12.1. The molecule has 5 saturated carbocycles. The quantitative estimate of drug-likeness (QED) is 0.644. The molecular formula is C25H42O2. The van der Waals surface area contributed by atoms with Crippen molar-refractivity contribution in [3.63, 3.8) is 0 Å². The smallest absolute Gasteiger partial charge is 0.0568 e. The van der Waals surface area contributed by atoms with Gasteiger partial charge in [-0.15, -0.1) is 0 Å². The minimum absolute atomic E-state index is 0.0649. The molecule has 27 heavy (non-hydrogen) atoms. The molecule has 5 aliphatic rings. The molecule has 0 aromatic rings. The van der Waals surface area contributed by atoms with E-state index in [1.54, 1.807) is 0 Å². The van der Waals surface area contributed by atoms with Crippen LogP contribution in [0, 0.1) is 51.8 Å². The first-order valence-corrected chi connectivity index (χ1v) is 12.1. The molecule has 2 nitrogen and oxygen atoms in total. The highest BCUT2D eigenvalue weighted by atomic mass is 16.3. The first kappa shape index (κ1) is 18.9. The molecule has 0 aliphatic heterocycles. The second kappa shape index (κ2) is 6.21. The molecule has 5 rings (SSSR count). The number of hydrogen-bond acceptors (Lipinski definition) is 2. The van der Waals surface area contributed by atoms with E-state index in [1.807, 2.05) is 0 Å². The number of fused-ring (bicyclic) bond motifs is 7. The van der Waals surface area contributed by atoms with Crippen LogP contribution in [0.4, 0.5) is 0 Å². The largest absolute Gasteiger partial charge is 0.396 e. The summed E-state index contributed by atoms with van der Waals surface area (Å²) in [6.07, 6.45) is 14.4. The zero-order valence-corrected chi connectivity index (χ0v) is 17.9. The summed E-state index contributed by atoms with van der Waals surface area (Å²) in [5.74, 6) is 4.62. The van der Waals surface area contributed by atoms with Crippen LogP contribution < -0.4 is 0 Å². The molecule has 154 valence electrons. The molecule has 0 spiro atoms. The van der Waals surface area contributed by atoms with Gasteiger partial charge in [-0.3, -0.25) is 0 Å². The lowest BCUT2D eigenvalue weighted by Gasteiger charge is -2.67. The third-order valence-corrected chi connectivity index (χ3v) is 11.6. The highest BCUT2D eigenvalue weighted by molar-refractivity contribution is 5.13. The predicted octanol–water partition coefficient (Wildman–Crippen LogP) is 5.41. The third kappa shape index (κ3) is 2.38. The van der Waals surface area contributed by atoms with E-state index in [-0.39, 0.29) is 11.5 Å². The van der Waals surface area contributed by atoms with Gasteiger partial charge in [-0.05, 0) is 116 Å². The number of aliphatic hydroxyl groups excluding tert-OH is 2. The van der Waals surface area contributed by atoms with E-state index in [2.05, 4.69) is 20.8 Å². The van der Waals surface area contributed by atoms with Gasteiger partial charge in [0.15, 0.2) is 0 Å². The van der Waals surface area contributed by atoms with Crippen LogP contribution in [0.1, 0.15) is 91.4 Å². The summed E-state index contributed by atoms with van der Waals surface area (Å²) >= 11 is 0. The lowest BCUT2D eigenvalue weighted by Crippen LogP contribution is -2.60. The van der Waals surface area contributed by atoms with Crippen molar-refractivity contribution < 1.29 is 10.2 Å². The van der Waals surface area contributed by atoms with Crippen molar-refractivity contribution in [3.8, 4) is 0 Å². The Morgan fingerprint density at radius 2 is 1.30 bits per heavy atom. The summed E-state index contributed by atoms with van der Waals surface area (Å²) in [6, 6.07) is 0. The van der Waals surface area contributed by atoms with Gasteiger partial charge in [0.1, 0.15) is 0 Å². The maximum Gasteiger partial charge on any atom is 0.0568 e. The van der Waals surface area contributed by atoms with E-state index in [9.17, 15) is 10.2 Å². The van der Waals surface area contributed by atoms with Gasteiger partial charge < -0.3 is 10.2 Å². The summed E-state index contributed by atoms with van der Waals surface area (Å²) in [5.41, 5.74) is 1.24. The fourth-order valence-corrected chi connectivity index (χ4v) is 10.1. The molecule has 0 saturated heterocycles. The molecule has 0 heterocycles. The monoisotopic (exact) mass is 374 g/mol. The Bertz CT molecular complexity index is 589. The van der Waals surface area contributed by atoms with Crippen LogP contribution in [-0.2, 0) is 0 Å². The van der Waals surface area contributed by atoms with Crippen LogP contribution in [0.5, 0.6) is 0 Å². The molecule has 10 atom stereocenters. The van der Waals surface area contributed by atoms with Crippen LogP contribution in [0.3, 0.4) is 0 Å². The zero-order chi connectivity index (χ0) is 19.0. The molecule has 0 radical (unpaired) electrons. The molecule has 0 amide bonds. The van der Waals surface area contributed by atoms with Gasteiger partial charge in [-0.25, -0.2) is 0 Å². The predicted molar refractivity (Wildman–Crippen MR) is 109 cm³/mol. The first-order chi connectivity index (χ1) is 12.9. The van der Waals surface area contributed by atoms with Crippen LogP contribution in [-0.4, -0.2) is 22.9 Å². The number of rotatable bonds is 1. The maximum atomic E-state index is 10.5. The summed E-state index contributed by atoms with van der Waals surface area (Å²) in [5, 5.41) is 20.8. The molecule has 5 aliphatic carbocycles. The van der Waals surface area contributed by atoms with Crippen LogP contribution >= 0.6 is 0 Å². The van der Waals surface area contributed by atoms with Gasteiger partial charge in [-0.1, -0.05) is 27.2 Å². The van der Waals surface area contributed by atoms with Crippen LogP contribution in [0.15, 0.2) is 0 Å². The number of aliphatic hydroxyl groups is 2. The van der Waals surface area contributed by atoms with Crippen molar-refractivity contribution in [3.05, 3.63) is 0 Å². The molecule has 0 aromatic heterocycles. The van der Waals surface area contributed by atoms with E-state index in [1.165, 1.54) is 64.2 Å². The van der Waals surface area contributed by atoms with Gasteiger partial charge in [0, 0.05) is 6.61 Å². The van der Waals surface area contributed by atoms with E-state index < -0.39 is 0 Å². The summed E-state index contributed by atoms with van der Waals surface area (Å²) < 4.78 is 0. The fourth-order valence-electron chi connectivity index (χ4n) is 10.1. The lowest BCUT2D eigenvalue weighted by molar-refractivity contribution is -0.190.